The van der Waals surface area contributed by atoms with Crippen molar-refractivity contribution in [2.45, 2.75) is 18.9 Å². The van der Waals surface area contributed by atoms with E-state index in [-0.39, 0.29) is 0 Å². The molecule has 0 bridgehead atoms. The Bertz CT molecular complexity index is 339. The van der Waals surface area contributed by atoms with Gasteiger partial charge in [0.05, 0.1) is 18.3 Å². The van der Waals surface area contributed by atoms with Gasteiger partial charge >= 0.3 is 0 Å². The second-order valence-electron chi connectivity index (χ2n) is 3.65. The lowest BCUT2D eigenvalue weighted by atomic mass is 10.1. The molecule has 15 heavy (non-hydrogen) atoms. The molecule has 1 unspecified atom stereocenters. The van der Waals surface area contributed by atoms with Crippen LogP contribution in [0.4, 0.5) is 11.5 Å². The van der Waals surface area contributed by atoms with Crippen LogP contribution in [0.3, 0.4) is 0 Å². The second kappa shape index (κ2) is 4.81. The smallest absolute Gasteiger partial charge is 0.149 e. The third kappa shape index (κ3) is 2.82. The van der Waals surface area contributed by atoms with Crippen LogP contribution < -0.4 is 11.1 Å². The number of hydrogen-bond donors (Lipinski definition) is 2. The molecule has 1 fully saturated rings. The van der Waals surface area contributed by atoms with Gasteiger partial charge in [0.15, 0.2) is 0 Å². The molecule has 0 saturated carbocycles. The van der Waals surface area contributed by atoms with Gasteiger partial charge in [0.2, 0.25) is 0 Å². The summed E-state index contributed by atoms with van der Waals surface area (Å²) in [6, 6.07) is 2.17. The molecule has 1 aliphatic rings. The van der Waals surface area contributed by atoms with Crippen LogP contribution in [0.25, 0.3) is 0 Å². The minimum Gasteiger partial charge on any atom is -0.396 e. The highest BCUT2D eigenvalue weighted by Gasteiger charge is 2.14. The largest absolute Gasteiger partial charge is 0.396 e. The molecule has 4 nitrogen and oxygen atoms in total. The van der Waals surface area contributed by atoms with Crippen LogP contribution in [0.1, 0.15) is 12.8 Å². The van der Waals surface area contributed by atoms with E-state index in [1.165, 1.54) is 0 Å². The van der Waals surface area contributed by atoms with E-state index in [9.17, 15) is 0 Å². The summed E-state index contributed by atoms with van der Waals surface area (Å²) in [5.41, 5.74) is 6.50. The summed E-state index contributed by atoms with van der Waals surface area (Å²) in [4.78, 5) is 4.23. The summed E-state index contributed by atoms with van der Waals surface area (Å²) in [6.45, 7) is 1.60. The molecule has 2 rings (SSSR count). The molecular weight excluding hydrogens is 258 g/mol. The molecule has 3 N–H and O–H groups in total. The summed E-state index contributed by atoms with van der Waals surface area (Å²) in [7, 11) is 0. The number of anilines is 2. The van der Waals surface area contributed by atoms with Crippen molar-refractivity contribution in [2.75, 3.05) is 24.3 Å². The van der Waals surface area contributed by atoms with Crippen LogP contribution in [-0.4, -0.2) is 24.2 Å². The molecular formula is C10H14BrN3O. The Morgan fingerprint density at radius 3 is 3.13 bits per heavy atom. The first kappa shape index (κ1) is 10.7. The van der Waals surface area contributed by atoms with Crippen LogP contribution in [0, 0.1) is 0 Å². The van der Waals surface area contributed by atoms with Gasteiger partial charge in [0.1, 0.15) is 5.82 Å². The fraction of sp³-hybridized carbons (Fsp3) is 0.500. The van der Waals surface area contributed by atoms with Crippen molar-refractivity contribution in [3.8, 4) is 0 Å². The molecule has 0 spiro atoms. The molecule has 0 aromatic carbocycles. The summed E-state index contributed by atoms with van der Waals surface area (Å²) >= 11 is 3.33. The van der Waals surface area contributed by atoms with Crippen molar-refractivity contribution in [1.29, 1.82) is 0 Å². The van der Waals surface area contributed by atoms with Gasteiger partial charge in [-0.15, -0.1) is 0 Å². The van der Waals surface area contributed by atoms with Gasteiger partial charge in [-0.25, -0.2) is 4.98 Å². The minimum absolute atomic E-state index is 0.328. The number of hydrogen-bond acceptors (Lipinski definition) is 4. The van der Waals surface area contributed by atoms with Gasteiger partial charge in [-0.3, -0.25) is 0 Å². The Morgan fingerprint density at radius 2 is 2.47 bits per heavy atom. The minimum atomic E-state index is 0.328. The van der Waals surface area contributed by atoms with Crippen molar-refractivity contribution >= 4 is 27.4 Å². The average Bonchev–Trinajstić information content (AvgIpc) is 2.24. The predicted molar refractivity (Wildman–Crippen MR) is 63.8 cm³/mol. The molecule has 0 amide bonds. The van der Waals surface area contributed by atoms with E-state index in [0.29, 0.717) is 11.7 Å². The van der Waals surface area contributed by atoms with Gasteiger partial charge in [-0.1, -0.05) is 0 Å². The molecule has 5 heteroatoms. The predicted octanol–water partition coefficient (Wildman–Crippen LogP) is 2.02. The normalized spacial score (nSPS) is 21.3. The number of nitrogens with two attached hydrogens (primary N) is 1. The zero-order chi connectivity index (χ0) is 10.7. The molecule has 2 heterocycles. The molecule has 82 valence electrons. The van der Waals surface area contributed by atoms with Crippen molar-refractivity contribution in [2.24, 2.45) is 0 Å². The Kier molecular flexibility index (Phi) is 3.43. The Balaban J connectivity index is 2.03. The molecule has 1 atom stereocenters. The monoisotopic (exact) mass is 271 g/mol. The molecule has 0 radical (unpaired) electrons. The number of ether oxygens (including phenoxy) is 1. The lowest BCUT2D eigenvalue weighted by molar-refractivity contribution is 0.0875. The van der Waals surface area contributed by atoms with E-state index in [0.717, 1.165) is 36.3 Å². The van der Waals surface area contributed by atoms with Crippen molar-refractivity contribution in [3.05, 3.63) is 16.7 Å². The Morgan fingerprint density at radius 1 is 1.60 bits per heavy atom. The van der Waals surface area contributed by atoms with Crippen LogP contribution >= 0.6 is 15.9 Å². The number of nitrogens with zero attached hydrogens (tertiary/aromatic N) is 1. The van der Waals surface area contributed by atoms with Crippen LogP contribution in [0.2, 0.25) is 0 Å². The van der Waals surface area contributed by atoms with Crippen LogP contribution in [0.15, 0.2) is 16.7 Å². The van der Waals surface area contributed by atoms with E-state index in [2.05, 4.69) is 26.2 Å². The van der Waals surface area contributed by atoms with Gasteiger partial charge in [0, 0.05) is 17.3 Å². The number of nitrogen functional groups attached to an aromatic ring is 1. The van der Waals surface area contributed by atoms with Gasteiger partial charge in [0.25, 0.3) is 0 Å². The van der Waals surface area contributed by atoms with Gasteiger partial charge in [-0.2, -0.15) is 0 Å². The highest BCUT2D eigenvalue weighted by Crippen LogP contribution is 2.21. The van der Waals surface area contributed by atoms with E-state index in [1.807, 2.05) is 6.07 Å². The number of halogens is 1. The average molecular weight is 272 g/mol. The third-order valence-electron chi connectivity index (χ3n) is 2.38. The fourth-order valence-electron chi connectivity index (χ4n) is 1.62. The fourth-order valence-corrected chi connectivity index (χ4v) is 1.97. The first-order chi connectivity index (χ1) is 7.25. The van der Waals surface area contributed by atoms with E-state index < -0.39 is 0 Å². The summed E-state index contributed by atoms with van der Waals surface area (Å²) in [6.07, 6.45) is 3.94. The molecule has 0 aliphatic carbocycles. The first-order valence-electron chi connectivity index (χ1n) is 5.01. The topological polar surface area (TPSA) is 60.2 Å². The quantitative estimate of drug-likeness (QED) is 0.864. The molecule has 1 aliphatic heterocycles. The number of nitrogens with one attached hydrogen (secondary N) is 1. The summed E-state index contributed by atoms with van der Waals surface area (Å²) < 4.78 is 6.27. The Labute approximate surface area is 97.3 Å². The SMILES string of the molecule is Nc1cc(Br)cnc1NC1CCCOC1. The van der Waals surface area contributed by atoms with Crippen molar-refractivity contribution < 1.29 is 4.74 Å². The van der Waals surface area contributed by atoms with Crippen LogP contribution in [0.5, 0.6) is 0 Å². The third-order valence-corrected chi connectivity index (χ3v) is 2.82. The number of pyridine rings is 1. The highest BCUT2D eigenvalue weighted by molar-refractivity contribution is 9.10. The second-order valence-corrected chi connectivity index (χ2v) is 4.57. The maximum Gasteiger partial charge on any atom is 0.149 e. The van der Waals surface area contributed by atoms with Crippen molar-refractivity contribution in [1.82, 2.24) is 4.98 Å². The summed E-state index contributed by atoms with van der Waals surface area (Å²) in [5, 5.41) is 3.29. The molecule has 1 saturated heterocycles. The first-order valence-corrected chi connectivity index (χ1v) is 5.80. The lowest BCUT2D eigenvalue weighted by Crippen LogP contribution is -2.30. The van der Waals surface area contributed by atoms with E-state index in [1.54, 1.807) is 6.20 Å². The molecule has 1 aromatic rings. The van der Waals surface area contributed by atoms with Gasteiger partial charge in [-0.05, 0) is 34.8 Å². The summed E-state index contributed by atoms with van der Waals surface area (Å²) in [5.74, 6) is 0.744. The zero-order valence-electron chi connectivity index (χ0n) is 8.37. The maximum atomic E-state index is 5.84. The number of aromatic nitrogens is 1. The molecule has 1 aromatic heterocycles. The number of rotatable bonds is 2. The highest BCUT2D eigenvalue weighted by atomic mass is 79.9. The maximum absolute atomic E-state index is 5.84. The van der Waals surface area contributed by atoms with E-state index >= 15 is 0 Å². The lowest BCUT2D eigenvalue weighted by Gasteiger charge is -2.24. The standard InChI is InChI=1S/C10H14BrN3O/c11-7-4-9(12)10(13-5-7)14-8-2-1-3-15-6-8/h4-5,8H,1-3,6,12H2,(H,13,14). The zero-order valence-corrected chi connectivity index (χ0v) is 9.96. The Hall–Kier alpha value is -0.810. The van der Waals surface area contributed by atoms with E-state index in [4.69, 9.17) is 10.5 Å². The van der Waals surface area contributed by atoms with Gasteiger partial charge < -0.3 is 15.8 Å². The van der Waals surface area contributed by atoms with Crippen molar-refractivity contribution in [3.63, 3.8) is 0 Å². The van der Waals surface area contributed by atoms with Crippen LogP contribution in [-0.2, 0) is 4.74 Å².